The van der Waals surface area contributed by atoms with E-state index < -0.39 is 6.10 Å². The molecule has 1 atom stereocenters. The number of carbonyl (C=O) groups is 3. The van der Waals surface area contributed by atoms with Crippen LogP contribution in [0.2, 0.25) is 0 Å². The van der Waals surface area contributed by atoms with Gasteiger partial charge in [0.2, 0.25) is 0 Å². The van der Waals surface area contributed by atoms with Crippen molar-refractivity contribution in [1.82, 2.24) is 0 Å². The van der Waals surface area contributed by atoms with Crippen LogP contribution in [0.15, 0.2) is 109 Å². The Bertz CT molecular complexity index is 1570. The van der Waals surface area contributed by atoms with Crippen LogP contribution in [0.5, 0.6) is 0 Å². The molecule has 0 rings (SSSR count). The molecule has 0 N–H and O–H groups in total. The van der Waals surface area contributed by atoms with Crippen LogP contribution >= 0.6 is 0 Å². The third-order valence-corrected chi connectivity index (χ3v) is 14.0. The molecule has 0 aromatic carbocycles. The Balaban J connectivity index is 4.34. The quantitative estimate of drug-likeness (QED) is 0.0261. The van der Waals surface area contributed by atoms with E-state index in [1.165, 1.54) is 148 Å². The summed E-state index contributed by atoms with van der Waals surface area (Å²) in [6.45, 7) is 6.36. The Labute approximate surface area is 482 Å². The van der Waals surface area contributed by atoms with Gasteiger partial charge >= 0.3 is 17.9 Å². The standard InChI is InChI=1S/C72H122O6/c1-4-7-10-13-16-19-22-25-27-29-31-33-34-35-36-37-39-40-42-44-47-50-53-56-59-62-65-71(74)77-68-69(67-76-70(73)64-61-58-55-52-49-46-24-21-18-15-12-9-6-3)78-72(75)66-63-60-57-54-51-48-45-43-41-38-32-30-28-26-23-20-17-14-11-8-5-2/h8-9,11-12,17-18,20-21,26,28,32,38,43,45-46,49,55,58,69H,4-7,10,13-16,19,22-25,27,29-31,33-37,39-42,44,47-48,50-54,56-57,59-68H2,1-3H3/b11-8-,12-9-,20-17-,21-18-,28-26-,38-32-,45-43-,49-46-,58-55-. The Morgan fingerprint density at radius 3 is 0.859 bits per heavy atom. The van der Waals surface area contributed by atoms with Crippen LogP contribution in [0.25, 0.3) is 0 Å². The fourth-order valence-corrected chi connectivity index (χ4v) is 9.19. The normalized spacial score (nSPS) is 12.8. The topological polar surface area (TPSA) is 78.9 Å². The summed E-state index contributed by atoms with van der Waals surface area (Å²) in [7, 11) is 0. The minimum atomic E-state index is -0.819. The number of rotatable bonds is 59. The van der Waals surface area contributed by atoms with Gasteiger partial charge in [0.05, 0.1) is 0 Å². The zero-order valence-electron chi connectivity index (χ0n) is 51.2. The van der Waals surface area contributed by atoms with Gasteiger partial charge in [-0.05, 0) is 89.9 Å². The summed E-state index contributed by atoms with van der Waals surface area (Å²) in [4.78, 5) is 38.3. The van der Waals surface area contributed by atoms with E-state index in [4.69, 9.17) is 14.2 Å². The Morgan fingerprint density at radius 1 is 0.269 bits per heavy atom. The van der Waals surface area contributed by atoms with Crippen molar-refractivity contribution < 1.29 is 28.6 Å². The first-order valence-electron chi connectivity index (χ1n) is 32.9. The molecule has 0 saturated heterocycles. The predicted molar refractivity (Wildman–Crippen MR) is 339 cm³/mol. The molecule has 0 radical (unpaired) electrons. The second kappa shape index (κ2) is 65.6. The molecule has 0 aliphatic rings. The minimum absolute atomic E-state index is 0.107. The summed E-state index contributed by atoms with van der Waals surface area (Å²) in [5.74, 6) is -1.00. The highest BCUT2D eigenvalue weighted by molar-refractivity contribution is 5.71. The molecule has 0 fully saturated rings. The van der Waals surface area contributed by atoms with Crippen LogP contribution in [0.4, 0.5) is 0 Å². The van der Waals surface area contributed by atoms with E-state index in [0.29, 0.717) is 19.3 Å². The van der Waals surface area contributed by atoms with Crippen molar-refractivity contribution >= 4 is 17.9 Å². The molecule has 0 saturated carbocycles. The SMILES string of the molecule is CC/C=C\C/C=C\C/C=C\C/C=C\C/C=C\CCCCCCCC(=O)OC(COC(=O)CC/C=C\C/C=C\C/C=C\C/C=C\CC)COC(=O)CCCCCCCCCCCCCCCCCCCCCCCCCCCC. The van der Waals surface area contributed by atoms with Gasteiger partial charge < -0.3 is 14.2 Å². The summed E-state index contributed by atoms with van der Waals surface area (Å²) in [6.07, 6.45) is 89.9. The first-order valence-corrected chi connectivity index (χ1v) is 32.9. The Kier molecular flexibility index (Phi) is 62.3. The minimum Gasteiger partial charge on any atom is -0.462 e. The molecule has 0 aromatic heterocycles. The summed E-state index contributed by atoms with van der Waals surface area (Å²) in [5, 5.41) is 0. The van der Waals surface area contributed by atoms with Crippen molar-refractivity contribution in [1.29, 1.82) is 0 Å². The van der Waals surface area contributed by atoms with Gasteiger partial charge in [0.1, 0.15) is 13.2 Å². The largest absolute Gasteiger partial charge is 0.462 e. The lowest BCUT2D eigenvalue weighted by Crippen LogP contribution is -2.30. The van der Waals surface area contributed by atoms with Crippen LogP contribution in [0, 0.1) is 0 Å². The summed E-state index contributed by atoms with van der Waals surface area (Å²) >= 11 is 0. The molecular formula is C72H122O6. The third kappa shape index (κ3) is 62.9. The molecule has 0 bridgehead atoms. The molecule has 0 aromatic rings. The Morgan fingerprint density at radius 2 is 0.526 bits per heavy atom. The van der Waals surface area contributed by atoms with Gasteiger partial charge in [-0.25, -0.2) is 0 Å². The van der Waals surface area contributed by atoms with E-state index in [2.05, 4.69) is 124 Å². The number of ether oxygens (including phenoxy) is 3. The lowest BCUT2D eigenvalue weighted by atomic mass is 10.0. The highest BCUT2D eigenvalue weighted by Crippen LogP contribution is 2.17. The van der Waals surface area contributed by atoms with Crippen molar-refractivity contribution in [2.24, 2.45) is 0 Å². The lowest BCUT2D eigenvalue weighted by molar-refractivity contribution is -0.166. The van der Waals surface area contributed by atoms with Crippen LogP contribution in [0.1, 0.15) is 310 Å². The van der Waals surface area contributed by atoms with E-state index >= 15 is 0 Å². The van der Waals surface area contributed by atoms with E-state index in [0.717, 1.165) is 116 Å². The zero-order chi connectivity index (χ0) is 56.4. The molecule has 6 heteroatoms. The van der Waals surface area contributed by atoms with Gasteiger partial charge in [0.15, 0.2) is 6.10 Å². The van der Waals surface area contributed by atoms with E-state index in [1.54, 1.807) is 0 Å². The van der Waals surface area contributed by atoms with Crippen LogP contribution < -0.4 is 0 Å². The molecule has 1 unspecified atom stereocenters. The smallest absolute Gasteiger partial charge is 0.306 e. The molecule has 6 nitrogen and oxygen atoms in total. The fraction of sp³-hybridized carbons (Fsp3) is 0.708. The number of esters is 3. The van der Waals surface area contributed by atoms with E-state index in [1.807, 2.05) is 6.08 Å². The highest BCUT2D eigenvalue weighted by atomic mass is 16.6. The molecule has 0 heterocycles. The van der Waals surface area contributed by atoms with Gasteiger partial charge in [0, 0.05) is 19.3 Å². The summed E-state index contributed by atoms with van der Waals surface area (Å²) < 4.78 is 16.8. The maximum atomic E-state index is 12.9. The van der Waals surface area contributed by atoms with Crippen LogP contribution in [-0.2, 0) is 28.6 Å². The number of hydrogen-bond acceptors (Lipinski definition) is 6. The molecular weight excluding hydrogens is 961 g/mol. The molecule has 0 spiro atoms. The van der Waals surface area contributed by atoms with Crippen molar-refractivity contribution in [3.05, 3.63) is 109 Å². The molecule has 446 valence electrons. The van der Waals surface area contributed by atoms with Crippen molar-refractivity contribution in [2.45, 2.75) is 316 Å². The fourth-order valence-electron chi connectivity index (χ4n) is 9.19. The number of unbranched alkanes of at least 4 members (excludes halogenated alkanes) is 30. The maximum absolute atomic E-state index is 12.9. The maximum Gasteiger partial charge on any atom is 0.306 e. The second-order valence-electron chi connectivity index (χ2n) is 21.6. The molecule has 78 heavy (non-hydrogen) atoms. The van der Waals surface area contributed by atoms with E-state index in [9.17, 15) is 14.4 Å². The van der Waals surface area contributed by atoms with Gasteiger partial charge in [-0.2, -0.15) is 0 Å². The van der Waals surface area contributed by atoms with Crippen molar-refractivity contribution in [2.75, 3.05) is 13.2 Å². The second-order valence-corrected chi connectivity index (χ2v) is 21.6. The van der Waals surface area contributed by atoms with Gasteiger partial charge in [-0.15, -0.1) is 0 Å². The summed E-state index contributed by atoms with van der Waals surface area (Å²) in [5.41, 5.74) is 0. The van der Waals surface area contributed by atoms with Crippen molar-refractivity contribution in [3.8, 4) is 0 Å². The monoisotopic (exact) mass is 1080 g/mol. The number of carbonyl (C=O) groups excluding carboxylic acids is 3. The molecule has 0 amide bonds. The average molecular weight is 1080 g/mol. The zero-order valence-corrected chi connectivity index (χ0v) is 51.2. The highest BCUT2D eigenvalue weighted by Gasteiger charge is 2.19. The number of allylic oxidation sites excluding steroid dienone is 18. The van der Waals surface area contributed by atoms with Gasteiger partial charge in [0.25, 0.3) is 0 Å². The van der Waals surface area contributed by atoms with Crippen molar-refractivity contribution in [3.63, 3.8) is 0 Å². The lowest BCUT2D eigenvalue weighted by Gasteiger charge is -2.18. The first-order chi connectivity index (χ1) is 38.5. The van der Waals surface area contributed by atoms with Crippen LogP contribution in [-0.4, -0.2) is 37.2 Å². The average Bonchev–Trinajstić information content (AvgIpc) is 3.44. The predicted octanol–water partition coefficient (Wildman–Crippen LogP) is 22.6. The molecule has 0 aliphatic carbocycles. The van der Waals surface area contributed by atoms with Crippen LogP contribution in [0.3, 0.4) is 0 Å². The van der Waals surface area contributed by atoms with Gasteiger partial charge in [-0.1, -0.05) is 310 Å². The van der Waals surface area contributed by atoms with E-state index in [-0.39, 0.29) is 37.5 Å². The Hall–Kier alpha value is -3.93. The first kappa shape index (κ1) is 74.1. The van der Waals surface area contributed by atoms with Gasteiger partial charge in [-0.3, -0.25) is 14.4 Å². The molecule has 0 aliphatic heterocycles. The number of hydrogen-bond donors (Lipinski definition) is 0. The summed E-state index contributed by atoms with van der Waals surface area (Å²) in [6, 6.07) is 0. The third-order valence-electron chi connectivity index (χ3n) is 14.0.